The molecule has 0 unspecified atom stereocenters. The molecule has 7 heteroatoms. The van der Waals surface area contributed by atoms with E-state index in [4.69, 9.17) is 0 Å². The second-order valence-corrected chi connectivity index (χ2v) is 5.52. The van der Waals surface area contributed by atoms with Crippen LogP contribution < -0.4 is 10.6 Å². The fourth-order valence-corrected chi connectivity index (χ4v) is 2.32. The zero-order valence-electron chi connectivity index (χ0n) is 14.2. The molecule has 2 aromatic heterocycles. The first-order chi connectivity index (χ1) is 11.0. The van der Waals surface area contributed by atoms with E-state index in [9.17, 15) is 4.79 Å². The summed E-state index contributed by atoms with van der Waals surface area (Å²) in [5.74, 6) is 2.22. The zero-order valence-corrected chi connectivity index (χ0v) is 14.2. The maximum Gasteiger partial charge on any atom is 0.220 e. The van der Waals surface area contributed by atoms with Crippen molar-refractivity contribution in [2.45, 2.75) is 40.5 Å². The van der Waals surface area contributed by atoms with Gasteiger partial charge in [0.25, 0.3) is 0 Å². The molecule has 0 fully saturated rings. The summed E-state index contributed by atoms with van der Waals surface area (Å²) in [5, 5.41) is 10.5. The van der Waals surface area contributed by atoms with E-state index in [1.165, 1.54) is 0 Å². The van der Waals surface area contributed by atoms with E-state index in [0.717, 1.165) is 29.4 Å². The van der Waals surface area contributed by atoms with Gasteiger partial charge >= 0.3 is 0 Å². The molecule has 0 atom stereocenters. The van der Waals surface area contributed by atoms with Gasteiger partial charge in [-0.2, -0.15) is 5.10 Å². The highest BCUT2D eigenvalue weighted by Gasteiger charge is 2.08. The van der Waals surface area contributed by atoms with E-state index in [1.54, 1.807) is 4.68 Å². The van der Waals surface area contributed by atoms with Gasteiger partial charge in [0.15, 0.2) is 5.82 Å². The summed E-state index contributed by atoms with van der Waals surface area (Å²) in [6, 6.07) is 3.87. The maximum atomic E-state index is 11.4. The fraction of sp³-hybridized carbons (Fsp3) is 0.500. The molecule has 0 saturated carbocycles. The van der Waals surface area contributed by atoms with Gasteiger partial charge in [-0.05, 0) is 33.3 Å². The second-order valence-electron chi connectivity index (χ2n) is 5.52. The highest BCUT2D eigenvalue weighted by atomic mass is 16.1. The summed E-state index contributed by atoms with van der Waals surface area (Å²) < 4.78 is 1.80. The Morgan fingerprint density at radius 1 is 1.17 bits per heavy atom. The van der Waals surface area contributed by atoms with Crippen molar-refractivity contribution in [1.82, 2.24) is 25.1 Å². The van der Waals surface area contributed by atoms with Gasteiger partial charge in [0, 0.05) is 31.3 Å². The molecule has 0 aromatic carbocycles. The predicted molar refractivity (Wildman–Crippen MR) is 89.8 cm³/mol. The molecule has 23 heavy (non-hydrogen) atoms. The van der Waals surface area contributed by atoms with Crippen molar-refractivity contribution in [3.05, 3.63) is 29.3 Å². The van der Waals surface area contributed by atoms with Gasteiger partial charge in [0.1, 0.15) is 11.6 Å². The normalized spacial score (nSPS) is 10.6. The average molecular weight is 316 g/mol. The van der Waals surface area contributed by atoms with Crippen LogP contribution in [0.15, 0.2) is 12.1 Å². The number of nitrogens with zero attached hydrogens (tertiary/aromatic N) is 4. The van der Waals surface area contributed by atoms with E-state index in [0.29, 0.717) is 25.3 Å². The largest absolute Gasteiger partial charge is 0.368 e. The Morgan fingerprint density at radius 3 is 2.61 bits per heavy atom. The van der Waals surface area contributed by atoms with Gasteiger partial charge in [0.2, 0.25) is 5.91 Å². The third-order valence-corrected chi connectivity index (χ3v) is 3.28. The number of amides is 1. The summed E-state index contributed by atoms with van der Waals surface area (Å²) in [6.07, 6.45) is 1.42. The van der Waals surface area contributed by atoms with Crippen LogP contribution in [0.5, 0.6) is 0 Å². The SMILES string of the molecule is CCCC(=O)NCCNc1cc(-n2nc(C)cc2C)nc(C)n1. The van der Waals surface area contributed by atoms with Crippen LogP contribution in [0.3, 0.4) is 0 Å². The number of aromatic nitrogens is 4. The predicted octanol–water partition coefficient (Wildman–Crippen LogP) is 1.92. The Kier molecular flexibility index (Phi) is 5.67. The lowest BCUT2D eigenvalue weighted by Gasteiger charge is -2.10. The van der Waals surface area contributed by atoms with Crippen LogP contribution in [-0.4, -0.2) is 38.7 Å². The number of aryl methyl sites for hydroxylation is 3. The minimum absolute atomic E-state index is 0.0801. The van der Waals surface area contributed by atoms with Gasteiger partial charge in [-0.1, -0.05) is 6.92 Å². The summed E-state index contributed by atoms with van der Waals surface area (Å²) in [4.78, 5) is 20.2. The van der Waals surface area contributed by atoms with Crippen LogP contribution in [0.25, 0.3) is 5.82 Å². The van der Waals surface area contributed by atoms with Crippen LogP contribution in [0.4, 0.5) is 5.82 Å². The molecule has 0 aliphatic carbocycles. The molecule has 2 rings (SSSR count). The van der Waals surface area contributed by atoms with Crippen LogP contribution in [0.1, 0.15) is 37.0 Å². The lowest BCUT2D eigenvalue weighted by molar-refractivity contribution is -0.121. The van der Waals surface area contributed by atoms with E-state index in [1.807, 2.05) is 39.8 Å². The number of hydrogen-bond acceptors (Lipinski definition) is 5. The van der Waals surface area contributed by atoms with Crippen molar-refractivity contribution in [1.29, 1.82) is 0 Å². The molecule has 0 saturated heterocycles. The average Bonchev–Trinajstić information content (AvgIpc) is 2.82. The molecule has 2 aromatic rings. The van der Waals surface area contributed by atoms with Crippen molar-refractivity contribution in [3.8, 4) is 5.82 Å². The highest BCUT2D eigenvalue weighted by Crippen LogP contribution is 2.13. The smallest absolute Gasteiger partial charge is 0.220 e. The lowest BCUT2D eigenvalue weighted by Crippen LogP contribution is -2.28. The number of rotatable bonds is 7. The third-order valence-electron chi connectivity index (χ3n) is 3.28. The second kappa shape index (κ2) is 7.71. The first-order valence-corrected chi connectivity index (χ1v) is 7.89. The Bertz CT molecular complexity index is 679. The number of carbonyl (C=O) groups excluding carboxylic acids is 1. The lowest BCUT2D eigenvalue weighted by atomic mass is 10.3. The molecular weight excluding hydrogens is 292 g/mol. The van der Waals surface area contributed by atoms with Gasteiger partial charge in [0.05, 0.1) is 5.69 Å². The number of anilines is 1. The first-order valence-electron chi connectivity index (χ1n) is 7.89. The van der Waals surface area contributed by atoms with Gasteiger partial charge in [-0.3, -0.25) is 4.79 Å². The molecular formula is C16H24N6O. The molecule has 2 N–H and O–H groups in total. The summed E-state index contributed by atoms with van der Waals surface area (Å²) in [5.41, 5.74) is 1.98. The molecule has 0 aliphatic heterocycles. The fourth-order valence-electron chi connectivity index (χ4n) is 2.32. The molecule has 124 valence electrons. The minimum atomic E-state index is 0.0801. The van der Waals surface area contributed by atoms with Crippen molar-refractivity contribution in [3.63, 3.8) is 0 Å². The number of nitrogens with one attached hydrogen (secondary N) is 2. The molecule has 2 heterocycles. The van der Waals surface area contributed by atoms with Crippen molar-refractivity contribution >= 4 is 11.7 Å². The number of hydrogen-bond donors (Lipinski definition) is 2. The van der Waals surface area contributed by atoms with Crippen LogP contribution in [0, 0.1) is 20.8 Å². The first kappa shape index (κ1) is 16.9. The van der Waals surface area contributed by atoms with E-state index in [-0.39, 0.29) is 5.91 Å². The van der Waals surface area contributed by atoms with Crippen LogP contribution in [-0.2, 0) is 4.79 Å². The maximum absolute atomic E-state index is 11.4. The monoisotopic (exact) mass is 316 g/mol. The Hall–Kier alpha value is -2.44. The van der Waals surface area contributed by atoms with Crippen LogP contribution >= 0.6 is 0 Å². The quantitative estimate of drug-likeness (QED) is 0.762. The molecule has 0 spiro atoms. The summed E-state index contributed by atoms with van der Waals surface area (Å²) >= 11 is 0. The molecule has 0 bridgehead atoms. The molecule has 7 nitrogen and oxygen atoms in total. The third kappa shape index (κ3) is 4.77. The number of carbonyl (C=O) groups is 1. The minimum Gasteiger partial charge on any atom is -0.368 e. The molecule has 0 radical (unpaired) electrons. The van der Waals surface area contributed by atoms with Crippen molar-refractivity contribution in [2.75, 3.05) is 18.4 Å². The van der Waals surface area contributed by atoms with Crippen molar-refractivity contribution < 1.29 is 4.79 Å². The van der Waals surface area contributed by atoms with E-state index in [2.05, 4.69) is 25.7 Å². The van der Waals surface area contributed by atoms with E-state index >= 15 is 0 Å². The topological polar surface area (TPSA) is 84.7 Å². The zero-order chi connectivity index (χ0) is 16.8. The Balaban J connectivity index is 2.01. The van der Waals surface area contributed by atoms with Gasteiger partial charge in [-0.15, -0.1) is 0 Å². The van der Waals surface area contributed by atoms with Gasteiger partial charge < -0.3 is 10.6 Å². The summed E-state index contributed by atoms with van der Waals surface area (Å²) in [7, 11) is 0. The van der Waals surface area contributed by atoms with E-state index < -0.39 is 0 Å². The van der Waals surface area contributed by atoms with Gasteiger partial charge in [-0.25, -0.2) is 14.6 Å². The summed E-state index contributed by atoms with van der Waals surface area (Å²) in [6.45, 7) is 8.97. The standard InChI is InChI=1S/C16H24N6O/c1-5-6-16(23)18-8-7-17-14-10-15(20-13(4)19-14)22-12(3)9-11(2)21-22/h9-10H,5-8H2,1-4H3,(H,18,23)(H,17,19,20). The highest BCUT2D eigenvalue weighted by molar-refractivity contribution is 5.75. The molecule has 1 amide bonds. The Morgan fingerprint density at radius 2 is 1.96 bits per heavy atom. The van der Waals surface area contributed by atoms with Crippen molar-refractivity contribution in [2.24, 2.45) is 0 Å². The Labute approximate surface area is 136 Å². The van der Waals surface area contributed by atoms with Crippen LogP contribution in [0.2, 0.25) is 0 Å². The molecule has 0 aliphatic rings.